The second-order valence-corrected chi connectivity index (χ2v) is 3.48. The Labute approximate surface area is 88.4 Å². The number of aromatic nitrogens is 2. The Morgan fingerprint density at radius 3 is 2.87 bits per heavy atom. The number of nitrogens with zero attached hydrogens (tertiary/aromatic N) is 2. The number of hydrogen-bond donors (Lipinski definition) is 0. The fourth-order valence-corrected chi connectivity index (χ4v) is 1.58. The third kappa shape index (κ3) is 2.13. The molecule has 0 aliphatic heterocycles. The third-order valence-electron chi connectivity index (χ3n) is 2.21. The summed E-state index contributed by atoms with van der Waals surface area (Å²) in [6, 6.07) is 7.86. The number of hydrogen-bond acceptors (Lipinski definition) is 2. The van der Waals surface area contributed by atoms with Crippen LogP contribution in [0.25, 0.3) is 5.69 Å². The first kappa shape index (κ1) is 9.65. The summed E-state index contributed by atoms with van der Waals surface area (Å²) in [5.74, 6) is 0.169. The van der Waals surface area contributed by atoms with Gasteiger partial charge in [-0.1, -0.05) is 18.2 Å². The molecule has 0 amide bonds. The number of Topliss-reactive ketones (excluding diaryl/α,β-unsaturated/α-hetero) is 1. The van der Waals surface area contributed by atoms with E-state index >= 15 is 0 Å². The van der Waals surface area contributed by atoms with Crippen LogP contribution in [0, 0.1) is 0 Å². The normalized spacial score (nSPS) is 10.2. The molecule has 0 radical (unpaired) electrons. The molecule has 15 heavy (non-hydrogen) atoms. The van der Waals surface area contributed by atoms with Crippen LogP contribution in [0.2, 0.25) is 0 Å². The average Bonchev–Trinajstić information content (AvgIpc) is 2.70. The molecule has 3 nitrogen and oxygen atoms in total. The van der Waals surface area contributed by atoms with Crippen molar-refractivity contribution in [1.82, 2.24) is 9.55 Å². The Morgan fingerprint density at radius 1 is 1.40 bits per heavy atom. The molecule has 2 rings (SSSR count). The molecule has 0 aliphatic rings. The molecule has 1 aromatic heterocycles. The highest BCUT2D eigenvalue weighted by atomic mass is 16.1. The van der Waals surface area contributed by atoms with Crippen molar-refractivity contribution in [1.29, 1.82) is 0 Å². The summed E-state index contributed by atoms with van der Waals surface area (Å²) in [6.07, 6.45) is 5.80. The SMILES string of the molecule is CC(=O)Cc1ccccc1-n1ccnc1. The van der Waals surface area contributed by atoms with Gasteiger partial charge in [-0.25, -0.2) is 4.98 Å². The van der Waals surface area contributed by atoms with Gasteiger partial charge in [0.25, 0.3) is 0 Å². The summed E-state index contributed by atoms with van der Waals surface area (Å²) in [6.45, 7) is 1.60. The van der Waals surface area contributed by atoms with E-state index in [1.165, 1.54) is 0 Å². The molecule has 76 valence electrons. The molecule has 2 aromatic rings. The summed E-state index contributed by atoms with van der Waals surface area (Å²) >= 11 is 0. The van der Waals surface area contributed by atoms with Gasteiger partial charge in [-0.15, -0.1) is 0 Å². The van der Waals surface area contributed by atoms with Gasteiger partial charge in [0, 0.05) is 18.8 Å². The average molecular weight is 200 g/mol. The molecule has 1 heterocycles. The summed E-state index contributed by atoms with van der Waals surface area (Å²) in [7, 11) is 0. The van der Waals surface area contributed by atoms with E-state index in [0.717, 1.165) is 11.3 Å². The predicted octanol–water partition coefficient (Wildman–Crippen LogP) is 2.00. The summed E-state index contributed by atoms with van der Waals surface area (Å²) < 4.78 is 1.91. The quantitative estimate of drug-likeness (QED) is 0.759. The first-order chi connectivity index (χ1) is 7.27. The molecule has 0 atom stereocenters. The summed E-state index contributed by atoms with van der Waals surface area (Å²) in [5.41, 5.74) is 2.05. The van der Waals surface area contributed by atoms with E-state index in [1.54, 1.807) is 19.4 Å². The molecule has 1 aromatic carbocycles. The van der Waals surface area contributed by atoms with Crippen molar-refractivity contribution in [2.75, 3.05) is 0 Å². The van der Waals surface area contributed by atoms with Crippen LogP contribution in [0.4, 0.5) is 0 Å². The van der Waals surface area contributed by atoms with Crippen molar-refractivity contribution in [2.24, 2.45) is 0 Å². The van der Waals surface area contributed by atoms with Crippen molar-refractivity contribution in [3.05, 3.63) is 48.5 Å². The van der Waals surface area contributed by atoms with Gasteiger partial charge in [-0.3, -0.25) is 4.79 Å². The Balaban J connectivity index is 2.42. The molecule has 0 saturated heterocycles. The minimum atomic E-state index is 0.169. The van der Waals surface area contributed by atoms with Gasteiger partial charge in [0.05, 0.1) is 12.0 Å². The van der Waals surface area contributed by atoms with Crippen molar-refractivity contribution >= 4 is 5.78 Å². The molecular formula is C12H12N2O. The van der Waals surface area contributed by atoms with E-state index in [0.29, 0.717) is 6.42 Å². The van der Waals surface area contributed by atoms with Crippen LogP contribution in [0.15, 0.2) is 43.0 Å². The van der Waals surface area contributed by atoms with Crippen LogP contribution >= 0.6 is 0 Å². The summed E-state index contributed by atoms with van der Waals surface area (Å²) in [4.78, 5) is 15.1. The van der Waals surface area contributed by atoms with Crippen LogP contribution in [0.5, 0.6) is 0 Å². The van der Waals surface area contributed by atoms with E-state index < -0.39 is 0 Å². The standard InChI is InChI=1S/C12H12N2O/c1-10(15)8-11-4-2-3-5-12(11)14-7-6-13-9-14/h2-7,9H,8H2,1H3. The van der Waals surface area contributed by atoms with Crippen LogP contribution in [0.1, 0.15) is 12.5 Å². The van der Waals surface area contributed by atoms with Crippen LogP contribution < -0.4 is 0 Å². The van der Waals surface area contributed by atoms with Gasteiger partial charge < -0.3 is 4.57 Å². The van der Waals surface area contributed by atoms with E-state index in [1.807, 2.05) is 35.0 Å². The fourth-order valence-electron chi connectivity index (χ4n) is 1.58. The summed E-state index contributed by atoms with van der Waals surface area (Å²) in [5, 5.41) is 0. The first-order valence-corrected chi connectivity index (χ1v) is 4.83. The minimum absolute atomic E-state index is 0.169. The van der Waals surface area contributed by atoms with Crippen LogP contribution in [-0.2, 0) is 11.2 Å². The van der Waals surface area contributed by atoms with E-state index in [9.17, 15) is 4.79 Å². The van der Waals surface area contributed by atoms with E-state index in [-0.39, 0.29) is 5.78 Å². The fraction of sp³-hybridized carbons (Fsp3) is 0.167. The lowest BCUT2D eigenvalue weighted by Gasteiger charge is -2.08. The van der Waals surface area contributed by atoms with Gasteiger partial charge in [0.15, 0.2) is 0 Å². The van der Waals surface area contributed by atoms with E-state index in [2.05, 4.69) is 4.98 Å². The van der Waals surface area contributed by atoms with Gasteiger partial charge >= 0.3 is 0 Å². The minimum Gasteiger partial charge on any atom is -0.306 e. The maximum atomic E-state index is 11.1. The third-order valence-corrected chi connectivity index (χ3v) is 2.21. The van der Waals surface area contributed by atoms with Crippen molar-refractivity contribution in [2.45, 2.75) is 13.3 Å². The number of carbonyl (C=O) groups excluding carboxylic acids is 1. The Hall–Kier alpha value is -1.90. The number of benzene rings is 1. The lowest BCUT2D eigenvalue weighted by molar-refractivity contribution is -0.116. The molecule has 0 bridgehead atoms. The highest BCUT2D eigenvalue weighted by Crippen LogP contribution is 2.14. The van der Waals surface area contributed by atoms with Gasteiger partial charge in [-0.05, 0) is 18.6 Å². The lowest BCUT2D eigenvalue weighted by atomic mass is 10.1. The largest absolute Gasteiger partial charge is 0.306 e. The zero-order valence-electron chi connectivity index (χ0n) is 8.55. The predicted molar refractivity (Wildman–Crippen MR) is 57.9 cm³/mol. The first-order valence-electron chi connectivity index (χ1n) is 4.83. The Morgan fingerprint density at radius 2 is 2.20 bits per heavy atom. The molecule has 0 unspecified atom stereocenters. The lowest BCUT2D eigenvalue weighted by Crippen LogP contribution is -2.02. The molecular weight excluding hydrogens is 188 g/mol. The molecule has 0 aliphatic carbocycles. The number of para-hydroxylation sites is 1. The van der Waals surface area contributed by atoms with Crippen LogP contribution in [-0.4, -0.2) is 15.3 Å². The molecule has 0 spiro atoms. The monoisotopic (exact) mass is 200 g/mol. The molecule has 0 saturated carbocycles. The maximum absolute atomic E-state index is 11.1. The number of ketones is 1. The van der Waals surface area contributed by atoms with Gasteiger partial charge in [0.2, 0.25) is 0 Å². The van der Waals surface area contributed by atoms with Crippen LogP contribution in [0.3, 0.4) is 0 Å². The molecule has 3 heteroatoms. The van der Waals surface area contributed by atoms with Crippen molar-refractivity contribution in [3.63, 3.8) is 0 Å². The number of rotatable bonds is 3. The highest BCUT2D eigenvalue weighted by Gasteiger charge is 2.05. The topological polar surface area (TPSA) is 34.9 Å². The highest BCUT2D eigenvalue weighted by molar-refractivity contribution is 5.79. The second-order valence-electron chi connectivity index (χ2n) is 3.48. The second kappa shape index (κ2) is 4.09. The van der Waals surface area contributed by atoms with Gasteiger partial charge in [-0.2, -0.15) is 0 Å². The molecule has 0 fully saturated rings. The molecule has 0 N–H and O–H groups in total. The van der Waals surface area contributed by atoms with E-state index in [4.69, 9.17) is 0 Å². The number of carbonyl (C=O) groups is 1. The van der Waals surface area contributed by atoms with Gasteiger partial charge in [0.1, 0.15) is 5.78 Å². The number of imidazole rings is 1. The van der Waals surface area contributed by atoms with Crippen molar-refractivity contribution < 1.29 is 4.79 Å². The Bertz CT molecular complexity index is 460. The maximum Gasteiger partial charge on any atom is 0.134 e. The zero-order valence-corrected chi connectivity index (χ0v) is 8.55. The Kier molecular flexibility index (Phi) is 2.63. The van der Waals surface area contributed by atoms with Crippen molar-refractivity contribution in [3.8, 4) is 5.69 Å². The zero-order chi connectivity index (χ0) is 10.7. The smallest absolute Gasteiger partial charge is 0.134 e.